The largest absolute Gasteiger partial charge is 0.465 e. The molecule has 0 heterocycles. The Bertz CT molecular complexity index is 532. The standard InChI is InChI=1S/C16H23NO2/c1-6-17(15(18)19)14-9-13-12(10(2)11(14)3)7-8-16(13,4)5/h9H,6-8H2,1-5H3,(H,18,19). The number of fused-ring (bicyclic) bond motifs is 1. The van der Waals surface area contributed by atoms with Crippen LogP contribution < -0.4 is 4.90 Å². The zero-order chi connectivity index (χ0) is 14.4. The fraction of sp³-hybridized carbons (Fsp3) is 0.562. The van der Waals surface area contributed by atoms with Gasteiger partial charge in [-0.3, -0.25) is 4.90 Å². The summed E-state index contributed by atoms with van der Waals surface area (Å²) >= 11 is 0. The molecule has 0 spiro atoms. The van der Waals surface area contributed by atoms with Crippen LogP contribution >= 0.6 is 0 Å². The minimum absolute atomic E-state index is 0.153. The summed E-state index contributed by atoms with van der Waals surface area (Å²) in [6, 6.07) is 2.10. The van der Waals surface area contributed by atoms with E-state index in [1.54, 1.807) is 0 Å². The van der Waals surface area contributed by atoms with Crippen LogP contribution in [0.1, 0.15) is 49.4 Å². The third kappa shape index (κ3) is 2.11. The summed E-state index contributed by atoms with van der Waals surface area (Å²) < 4.78 is 0. The second-order valence-corrected chi connectivity index (χ2v) is 6.08. The number of anilines is 1. The molecule has 104 valence electrons. The first-order chi connectivity index (χ1) is 8.79. The molecule has 19 heavy (non-hydrogen) atoms. The predicted octanol–water partition coefficient (Wildman–Crippen LogP) is 4.03. The van der Waals surface area contributed by atoms with Crippen molar-refractivity contribution in [3.05, 3.63) is 28.3 Å². The number of hydrogen-bond donors (Lipinski definition) is 1. The maximum Gasteiger partial charge on any atom is 0.411 e. The van der Waals surface area contributed by atoms with Crippen molar-refractivity contribution in [1.29, 1.82) is 0 Å². The lowest BCUT2D eigenvalue weighted by molar-refractivity contribution is 0.202. The lowest BCUT2D eigenvalue weighted by atomic mass is 9.84. The average Bonchev–Trinajstić information content (AvgIpc) is 2.62. The van der Waals surface area contributed by atoms with E-state index in [2.05, 4.69) is 26.8 Å². The molecule has 1 N–H and O–H groups in total. The van der Waals surface area contributed by atoms with Crippen molar-refractivity contribution in [2.24, 2.45) is 0 Å². The molecule has 1 aliphatic rings. The summed E-state index contributed by atoms with van der Waals surface area (Å²) in [5.74, 6) is 0. The van der Waals surface area contributed by atoms with Gasteiger partial charge >= 0.3 is 6.09 Å². The molecule has 0 atom stereocenters. The van der Waals surface area contributed by atoms with Gasteiger partial charge in [-0.05, 0) is 67.3 Å². The van der Waals surface area contributed by atoms with Crippen molar-refractivity contribution in [2.45, 2.75) is 52.9 Å². The van der Waals surface area contributed by atoms with Crippen LogP contribution in [0.4, 0.5) is 10.5 Å². The van der Waals surface area contributed by atoms with Gasteiger partial charge in [0.05, 0.1) is 5.69 Å². The minimum Gasteiger partial charge on any atom is -0.465 e. The van der Waals surface area contributed by atoms with Gasteiger partial charge < -0.3 is 5.11 Å². The monoisotopic (exact) mass is 261 g/mol. The van der Waals surface area contributed by atoms with Crippen molar-refractivity contribution in [3.8, 4) is 0 Å². The molecule has 0 saturated heterocycles. The van der Waals surface area contributed by atoms with Gasteiger partial charge in [0, 0.05) is 6.54 Å². The summed E-state index contributed by atoms with van der Waals surface area (Å²) in [4.78, 5) is 12.8. The van der Waals surface area contributed by atoms with E-state index in [0.717, 1.165) is 24.1 Å². The van der Waals surface area contributed by atoms with Crippen molar-refractivity contribution in [3.63, 3.8) is 0 Å². The first-order valence-electron chi connectivity index (χ1n) is 6.93. The van der Waals surface area contributed by atoms with Crippen LogP contribution in [0, 0.1) is 13.8 Å². The summed E-state index contributed by atoms with van der Waals surface area (Å²) in [5, 5.41) is 9.35. The van der Waals surface area contributed by atoms with E-state index in [9.17, 15) is 9.90 Å². The quantitative estimate of drug-likeness (QED) is 0.873. The Hall–Kier alpha value is -1.51. The topological polar surface area (TPSA) is 40.5 Å². The molecule has 2 rings (SSSR count). The number of carboxylic acid groups (broad SMARTS) is 1. The highest BCUT2D eigenvalue weighted by molar-refractivity contribution is 5.88. The Labute approximate surface area is 115 Å². The van der Waals surface area contributed by atoms with Crippen LogP contribution in [-0.2, 0) is 11.8 Å². The SMILES string of the molecule is CCN(C(=O)O)c1cc2c(c(C)c1C)CCC2(C)C. The molecule has 3 nitrogen and oxygen atoms in total. The Morgan fingerprint density at radius 3 is 2.53 bits per heavy atom. The van der Waals surface area contributed by atoms with Crippen molar-refractivity contribution < 1.29 is 9.90 Å². The van der Waals surface area contributed by atoms with Gasteiger partial charge in [-0.1, -0.05) is 13.8 Å². The maximum atomic E-state index is 11.4. The zero-order valence-corrected chi connectivity index (χ0v) is 12.5. The van der Waals surface area contributed by atoms with Crippen LogP contribution in [-0.4, -0.2) is 17.7 Å². The van der Waals surface area contributed by atoms with Gasteiger partial charge in [0.1, 0.15) is 0 Å². The summed E-state index contributed by atoms with van der Waals surface area (Å²) in [7, 11) is 0. The molecule has 0 aliphatic heterocycles. The number of amides is 1. The lowest BCUT2D eigenvalue weighted by Crippen LogP contribution is -2.30. The van der Waals surface area contributed by atoms with E-state index in [1.165, 1.54) is 21.6 Å². The molecule has 3 heteroatoms. The molecule has 1 aromatic carbocycles. The molecule has 1 amide bonds. The molecular weight excluding hydrogens is 238 g/mol. The van der Waals surface area contributed by atoms with Gasteiger partial charge in [0.15, 0.2) is 0 Å². The minimum atomic E-state index is -0.874. The molecule has 0 fully saturated rings. The molecule has 0 unspecified atom stereocenters. The Morgan fingerprint density at radius 2 is 2.00 bits per heavy atom. The number of rotatable bonds is 2. The van der Waals surface area contributed by atoms with Gasteiger partial charge in [0.25, 0.3) is 0 Å². The normalized spacial score (nSPS) is 16.3. The first kappa shape index (κ1) is 13.9. The number of nitrogens with zero attached hydrogens (tertiary/aromatic N) is 1. The Kier molecular flexibility index (Phi) is 3.33. The highest BCUT2D eigenvalue weighted by Gasteiger charge is 2.33. The van der Waals surface area contributed by atoms with Gasteiger partial charge in [-0.15, -0.1) is 0 Å². The van der Waals surface area contributed by atoms with E-state index in [1.807, 2.05) is 13.8 Å². The van der Waals surface area contributed by atoms with Crippen LogP contribution in [0.2, 0.25) is 0 Å². The van der Waals surface area contributed by atoms with Crippen molar-refractivity contribution in [2.75, 3.05) is 11.4 Å². The van der Waals surface area contributed by atoms with Gasteiger partial charge in [0.2, 0.25) is 0 Å². The van der Waals surface area contributed by atoms with Crippen molar-refractivity contribution >= 4 is 11.8 Å². The van der Waals surface area contributed by atoms with Crippen molar-refractivity contribution in [1.82, 2.24) is 0 Å². The van der Waals surface area contributed by atoms with Gasteiger partial charge in [-0.25, -0.2) is 4.79 Å². The van der Waals surface area contributed by atoms with E-state index in [4.69, 9.17) is 0 Å². The fourth-order valence-electron chi connectivity index (χ4n) is 3.14. The average molecular weight is 261 g/mol. The predicted molar refractivity (Wildman–Crippen MR) is 78.3 cm³/mol. The molecule has 0 saturated carbocycles. The molecule has 0 bridgehead atoms. The second-order valence-electron chi connectivity index (χ2n) is 6.08. The highest BCUT2D eigenvalue weighted by Crippen LogP contribution is 2.43. The van der Waals surface area contributed by atoms with Crippen LogP contribution in [0.5, 0.6) is 0 Å². The van der Waals surface area contributed by atoms with Crippen LogP contribution in [0.25, 0.3) is 0 Å². The van der Waals surface area contributed by atoms with Crippen LogP contribution in [0.15, 0.2) is 6.07 Å². The van der Waals surface area contributed by atoms with E-state index in [-0.39, 0.29) is 5.41 Å². The van der Waals surface area contributed by atoms with Gasteiger partial charge in [-0.2, -0.15) is 0 Å². The van der Waals surface area contributed by atoms with E-state index < -0.39 is 6.09 Å². The second kappa shape index (κ2) is 4.55. The zero-order valence-electron chi connectivity index (χ0n) is 12.5. The first-order valence-corrected chi connectivity index (χ1v) is 6.93. The number of benzene rings is 1. The summed E-state index contributed by atoms with van der Waals surface area (Å²) in [5.41, 5.74) is 6.11. The van der Waals surface area contributed by atoms with E-state index >= 15 is 0 Å². The number of carbonyl (C=O) groups is 1. The third-order valence-electron chi connectivity index (χ3n) is 4.57. The molecular formula is C16H23NO2. The molecule has 0 aromatic heterocycles. The molecule has 0 radical (unpaired) electrons. The number of hydrogen-bond acceptors (Lipinski definition) is 1. The highest BCUT2D eigenvalue weighted by atomic mass is 16.4. The van der Waals surface area contributed by atoms with E-state index in [0.29, 0.717) is 6.54 Å². The Balaban J connectivity index is 2.65. The third-order valence-corrected chi connectivity index (χ3v) is 4.57. The maximum absolute atomic E-state index is 11.4. The molecule has 1 aromatic rings. The smallest absolute Gasteiger partial charge is 0.411 e. The van der Waals surface area contributed by atoms with Crippen LogP contribution in [0.3, 0.4) is 0 Å². The molecule has 1 aliphatic carbocycles. The summed E-state index contributed by atoms with van der Waals surface area (Å²) in [6.45, 7) is 11.0. The fourth-order valence-corrected chi connectivity index (χ4v) is 3.14. The lowest BCUT2D eigenvalue weighted by Gasteiger charge is -2.26. The Morgan fingerprint density at radius 1 is 1.37 bits per heavy atom. The summed E-state index contributed by atoms with van der Waals surface area (Å²) in [6.07, 6.45) is 1.38.